The molecule has 0 saturated carbocycles. The highest BCUT2D eigenvalue weighted by Crippen LogP contribution is 2.09. The lowest BCUT2D eigenvalue weighted by Gasteiger charge is -2.24. The van der Waals surface area contributed by atoms with Crippen LogP contribution in [0.3, 0.4) is 0 Å². The third-order valence-corrected chi connectivity index (χ3v) is 2.80. The maximum atomic E-state index is 10.8. The summed E-state index contributed by atoms with van der Waals surface area (Å²) in [6, 6.07) is 5.88. The van der Waals surface area contributed by atoms with Crippen molar-refractivity contribution in [3.63, 3.8) is 0 Å². The van der Waals surface area contributed by atoms with Crippen molar-refractivity contribution in [3.8, 4) is 5.75 Å². The second-order valence-corrected chi connectivity index (χ2v) is 4.52. The van der Waals surface area contributed by atoms with Gasteiger partial charge in [0.05, 0.1) is 25.9 Å². The second kappa shape index (κ2) is 10.9. The zero-order chi connectivity index (χ0) is 18.0. The van der Waals surface area contributed by atoms with Gasteiger partial charge in [0.2, 0.25) is 0 Å². The van der Waals surface area contributed by atoms with Crippen LogP contribution in [0.25, 0.3) is 0 Å². The molecule has 1 rings (SSSR count). The van der Waals surface area contributed by atoms with Gasteiger partial charge in [-0.1, -0.05) is 0 Å². The molecule has 4 atom stereocenters. The van der Waals surface area contributed by atoms with Gasteiger partial charge in [-0.15, -0.1) is 0 Å². The van der Waals surface area contributed by atoms with Gasteiger partial charge in [0.1, 0.15) is 30.2 Å². The average Bonchev–Trinajstić information content (AvgIpc) is 2.59. The molecule has 0 aliphatic rings. The molecule has 0 heterocycles. The van der Waals surface area contributed by atoms with E-state index < -0.39 is 43.6 Å². The number of rotatable bonds is 6. The predicted octanol–water partition coefficient (Wildman–Crippen LogP) is -2.41. The lowest BCUT2D eigenvalue weighted by atomic mass is 10.0. The fourth-order valence-corrected chi connectivity index (χ4v) is 1.39. The fraction of sp³-hybridized carbons (Fsp3) is 0.500. The molecule has 9 heteroatoms. The number of esters is 1. The van der Waals surface area contributed by atoms with Gasteiger partial charge in [-0.05, 0) is 24.3 Å². The molecule has 0 amide bonds. The first-order valence-electron chi connectivity index (χ1n) is 6.59. The van der Waals surface area contributed by atoms with Crippen LogP contribution < -0.4 is 0 Å². The van der Waals surface area contributed by atoms with Crippen LogP contribution in [0.4, 0.5) is 0 Å². The Morgan fingerprint density at radius 2 is 1.35 bits per heavy atom. The molecule has 0 aliphatic carbocycles. The van der Waals surface area contributed by atoms with Crippen molar-refractivity contribution in [1.29, 1.82) is 0 Å². The van der Waals surface area contributed by atoms with Gasteiger partial charge in [0.25, 0.3) is 0 Å². The van der Waals surface area contributed by atoms with E-state index in [2.05, 4.69) is 4.74 Å². The van der Waals surface area contributed by atoms with Gasteiger partial charge in [-0.2, -0.15) is 0 Å². The molecule has 1 aromatic rings. The molecular weight excluding hydrogens is 312 g/mol. The number of phenolic OH excluding ortho intramolecular Hbond substituents is 1. The highest BCUT2D eigenvalue weighted by atomic mass is 16.5. The molecule has 23 heavy (non-hydrogen) atoms. The Balaban J connectivity index is 0.000000422. The smallest absolute Gasteiger partial charge is 0.337 e. The molecule has 9 nitrogen and oxygen atoms in total. The Hall–Kier alpha value is -1.75. The van der Waals surface area contributed by atoms with Crippen molar-refractivity contribution >= 4 is 5.97 Å². The zero-order valence-electron chi connectivity index (χ0n) is 12.5. The first-order chi connectivity index (χ1) is 10.8. The Kier molecular flexibility index (Phi) is 10.1. The maximum Gasteiger partial charge on any atom is 0.337 e. The number of aromatic hydroxyl groups is 1. The van der Waals surface area contributed by atoms with Crippen molar-refractivity contribution < 1.29 is 45.3 Å². The average molecular weight is 334 g/mol. The van der Waals surface area contributed by atoms with Crippen LogP contribution in [0, 0.1) is 0 Å². The summed E-state index contributed by atoms with van der Waals surface area (Å²) in [6.45, 7) is -1.45. The van der Waals surface area contributed by atoms with Crippen LogP contribution >= 0.6 is 0 Å². The minimum absolute atomic E-state index is 0.137. The van der Waals surface area contributed by atoms with E-state index in [0.29, 0.717) is 5.56 Å². The molecule has 0 unspecified atom stereocenters. The molecule has 132 valence electrons. The van der Waals surface area contributed by atoms with Crippen molar-refractivity contribution in [2.24, 2.45) is 0 Å². The molecule has 0 radical (unpaired) electrons. The number of benzene rings is 1. The molecule has 0 spiro atoms. The first kappa shape index (κ1) is 21.2. The number of aliphatic hydroxyl groups is 6. The Bertz CT molecular complexity index is 434. The zero-order valence-corrected chi connectivity index (χ0v) is 12.5. The van der Waals surface area contributed by atoms with Gasteiger partial charge in [-0.3, -0.25) is 0 Å². The quantitative estimate of drug-likeness (QED) is 0.280. The number of methoxy groups -OCH3 is 1. The van der Waals surface area contributed by atoms with E-state index in [9.17, 15) is 4.79 Å². The molecule has 0 bridgehead atoms. The molecule has 1 aromatic carbocycles. The lowest BCUT2D eigenvalue weighted by molar-refractivity contribution is -0.123. The number of aliphatic hydroxyl groups excluding tert-OH is 6. The lowest BCUT2D eigenvalue weighted by Crippen LogP contribution is -2.46. The highest BCUT2D eigenvalue weighted by Gasteiger charge is 2.29. The third-order valence-electron chi connectivity index (χ3n) is 2.80. The molecule has 0 aliphatic heterocycles. The van der Waals surface area contributed by atoms with Crippen molar-refractivity contribution in [2.75, 3.05) is 20.3 Å². The molecule has 0 aromatic heterocycles. The summed E-state index contributed by atoms with van der Waals surface area (Å²) in [5, 5.41) is 61.0. The van der Waals surface area contributed by atoms with E-state index in [1.807, 2.05) is 0 Å². The van der Waals surface area contributed by atoms with Gasteiger partial charge in [0.15, 0.2) is 0 Å². The number of carbonyl (C=O) groups is 1. The fourth-order valence-electron chi connectivity index (χ4n) is 1.39. The summed E-state index contributed by atoms with van der Waals surface area (Å²) in [5.74, 6) is -0.261. The summed E-state index contributed by atoms with van der Waals surface area (Å²) >= 11 is 0. The van der Waals surface area contributed by atoms with Crippen LogP contribution in [0.1, 0.15) is 10.4 Å². The monoisotopic (exact) mass is 334 g/mol. The summed E-state index contributed by atoms with van der Waals surface area (Å²) in [6.07, 6.45) is -6.39. The Labute approximate surface area is 132 Å². The van der Waals surface area contributed by atoms with Crippen molar-refractivity contribution in [1.82, 2.24) is 0 Å². The highest BCUT2D eigenvalue weighted by molar-refractivity contribution is 5.89. The number of hydrogen-bond donors (Lipinski definition) is 7. The SMILES string of the molecule is COC(=O)c1ccc(O)cc1.OC[C@@H](O)[C@@H](O)[C@H](O)[C@@H](O)CO. The minimum Gasteiger partial charge on any atom is -0.508 e. The summed E-state index contributed by atoms with van der Waals surface area (Å²) < 4.78 is 4.46. The van der Waals surface area contributed by atoms with E-state index in [1.165, 1.54) is 31.4 Å². The van der Waals surface area contributed by atoms with Crippen molar-refractivity contribution in [2.45, 2.75) is 24.4 Å². The summed E-state index contributed by atoms with van der Waals surface area (Å²) in [5.41, 5.74) is 0.435. The van der Waals surface area contributed by atoms with E-state index in [4.69, 9.17) is 35.7 Å². The van der Waals surface area contributed by atoms with Crippen LogP contribution in [-0.4, -0.2) is 86.5 Å². The van der Waals surface area contributed by atoms with Gasteiger partial charge in [-0.25, -0.2) is 4.79 Å². The van der Waals surface area contributed by atoms with Crippen LogP contribution in [0.2, 0.25) is 0 Å². The topological polar surface area (TPSA) is 168 Å². The van der Waals surface area contributed by atoms with Crippen molar-refractivity contribution in [3.05, 3.63) is 29.8 Å². The Morgan fingerprint density at radius 1 is 0.957 bits per heavy atom. The van der Waals surface area contributed by atoms with Gasteiger partial charge >= 0.3 is 5.97 Å². The standard InChI is InChI=1S/C8H8O3.C6H14O6/c1-11-8(10)6-2-4-7(9)5-3-6;7-1-3(9)5(11)6(12)4(10)2-8/h2-5,9H,1H3;3-12H,1-2H2/t;3-,4+,5-,6-/m.1/s1. The molecule has 7 N–H and O–H groups in total. The van der Waals surface area contributed by atoms with E-state index in [0.717, 1.165) is 0 Å². The number of hydrogen-bond acceptors (Lipinski definition) is 9. The molecule has 0 fully saturated rings. The number of carbonyl (C=O) groups excluding carboxylic acids is 1. The van der Waals surface area contributed by atoms with Gasteiger partial charge in [0, 0.05) is 0 Å². The van der Waals surface area contributed by atoms with E-state index >= 15 is 0 Å². The van der Waals surface area contributed by atoms with Crippen LogP contribution in [0.5, 0.6) is 5.75 Å². The summed E-state index contributed by atoms with van der Waals surface area (Å²) in [7, 11) is 1.31. The first-order valence-corrected chi connectivity index (χ1v) is 6.59. The minimum atomic E-state index is -1.67. The largest absolute Gasteiger partial charge is 0.508 e. The van der Waals surface area contributed by atoms with E-state index in [-0.39, 0.29) is 5.75 Å². The predicted molar refractivity (Wildman–Crippen MR) is 77.6 cm³/mol. The van der Waals surface area contributed by atoms with E-state index in [1.54, 1.807) is 0 Å². The number of phenols is 1. The molecule has 0 saturated heterocycles. The van der Waals surface area contributed by atoms with Gasteiger partial charge < -0.3 is 40.5 Å². The second-order valence-electron chi connectivity index (χ2n) is 4.52. The maximum absolute atomic E-state index is 10.8. The molecular formula is C14H22O9. The Morgan fingerprint density at radius 3 is 1.65 bits per heavy atom. The van der Waals surface area contributed by atoms with Crippen LogP contribution in [0.15, 0.2) is 24.3 Å². The summed E-state index contributed by atoms with van der Waals surface area (Å²) in [4.78, 5) is 10.8. The normalized spacial score (nSPS) is 15.6. The third kappa shape index (κ3) is 7.37. The number of ether oxygens (including phenoxy) is 1. The van der Waals surface area contributed by atoms with Crippen LogP contribution in [-0.2, 0) is 4.74 Å².